The quantitative estimate of drug-likeness (QED) is 0.538. The number of fused-ring (bicyclic) bond motifs is 1. The third-order valence-corrected chi connectivity index (χ3v) is 6.65. The summed E-state index contributed by atoms with van der Waals surface area (Å²) in [5.41, 5.74) is 7.83. The number of nitrogens with zero attached hydrogens (tertiary/aromatic N) is 2. The molecule has 0 saturated heterocycles. The zero-order valence-electron chi connectivity index (χ0n) is 18.1. The third kappa shape index (κ3) is 3.66. The summed E-state index contributed by atoms with van der Waals surface area (Å²) in [7, 11) is -2.63. The lowest BCUT2D eigenvalue weighted by molar-refractivity contribution is -0.129. The summed E-state index contributed by atoms with van der Waals surface area (Å²) < 4.78 is 42.5. The Hall–Kier alpha value is -3.89. The van der Waals surface area contributed by atoms with E-state index in [0.29, 0.717) is 28.2 Å². The average Bonchev–Trinajstić information content (AvgIpc) is 3.37. The highest BCUT2D eigenvalue weighted by Crippen LogP contribution is 2.42. The fourth-order valence-corrected chi connectivity index (χ4v) is 4.85. The first-order chi connectivity index (χ1) is 16.2. The first-order valence-corrected chi connectivity index (χ1v) is 12.0. The number of guanidine groups is 1. The number of likely N-dealkylation sites (N-methyl/N-ethyl adjacent to an activating group) is 1. The molecule has 0 aromatic heterocycles. The zero-order chi connectivity index (χ0) is 24.1. The Labute approximate surface area is 196 Å². The Balaban J connectivity index is 1.62. The number of amides is 1. The van der Waals surface area contributed by atoms with E-state index in [2.05, 4.69) is 4.99 Å². The number of benzene rings is 3. The number of hydrogen-bond donors (Lipinski definition) is 2. The van der Waals surface area contributed by atoms with E-state index in [1.54, 1.807) is 37.4 Å². The van der Waals surface area contributed by atoms with Crippen LogP contribution in [0, 0.1) is 0 Å². The van der Waals surface area contributed by atoms with Gasteiger partial charge in [0.05, 0.1) is 0 Å². The molecule has 0 saturated carbocycles. The molecule has 0 radical (unpaired) electrons. The molecule has 5 rings (SSSR count). The fourth-order valence-electron chi connectivity index (χ4n) is 4.24. The molecule has 2 aliphatic heterocycles. The Morgan fingerprint density at radius 3 is 2.38 bits per heavy atom. The number of ether oxygens (including phenoxy) is 2. The number of carbonyl (C=O) groups excluding carboxylic acids is 1. The molecule has 1 atom stereocenters. The van der Waals surface area contributed by atoms with Crippen molar-refractivity contribution >= 4 is 22.0 Å². The van der Waals surface area contributed by atoms with E-state index >= 15 is 0 Å². The minimum absolute atomic E-state index is 0.0699. The lowest BCUT2D eigenvalue weighted by Crippen LogP contribution is -2.41. The lowest BCUT2D eigenvalue weighted by Gasteiger charge is -2.26. The van der Waals surface area contributed by atoms with E-state index in [1.807, 2.05) is 36.4 Å². The van der Waals surface area contributed by atoms with Gasteiger partial charge in [-0.1, -0.05) is 48.5 Å². The molecule has 174 valence electrons. The maximum absolute atomic E-state index is 13.5. The molecule has 0 spiro atoms. The van der Waals surface area contributed by atoms with Crippen LogP contribution in [0.3, 0.4) is 0 Å². The van der Waals surface area contributed by atoms with E-state index in [4.69, 9.17) is 19.8 Å². The van der Waals surface area contributed by atoms with Crippen LogP contribution in [0.25, 0.3) is 11.1 Å². The zero-order valence-corrected chi connectivity index (χ0v) is 19.0. The summed E-state index contributed by atoms with van der Waals surface area (Å²) in [6.45, 7) is 0.171. The smallest absolute Gasteiger partial charge is 0.269 e. The van der Waals surface area contributed by atoms with Gasteiger partial charge in [-0.25, -0.2) is 4.99 Å². The molecule has 0 fully saturated rings. The van der Waals surface area contributed by atoms with Crippen LogP contribution in [0.5, 0.6) is 11.5 Å². The second-order valence-corrected chi connectivity index (χ2v) is 9.57. The molecular weight excluding hydrogens is 458 g/mol. The van der Waals surface area contributed by atoms with Crippen LogP contribution >= 0.6 is 0 Å². The molecule has 2 heterocycles. The van der Waals surface area contributed by atoms with Crippen molar-refractivity contribution in [1.82, 2.24) is 4.90 Å². The van der Waals surface area contributed by atoms with E-state index in [1.165, 1.54) is 4.90 Å². The minimum atomic E-state index is -4.19. The molecule has 2 aliphatic rings. The summed E-state index contributed by atoms with van der Waals surface area (Å²) in [5.74, 6) is 0.521. The van der Waals surface area contributed by atoms with Gasteiger partial charge in [0.15, 0.2) is 23.0 Å². The van der Waals surface area contributed by atoms with Crippen molar-refractivity contribution in [2.45, 2.75) is 11.3 Å². The highest BCUT2D eigenvalue weighted by atomic mass is 32.2. The maximum Gasteiger partial charge on any atom is 0.269 e. The first kappa shape index (κ1) is 21.9. The van der Waals surface area contributed by atoms with Crippen LogP contribution in [0.1, 0.15) is 16.7 Å². The molecule has 34 heavy (non-hydrogen) atoms. The molecule has 1 amide bonds. The van der Waals surface area contributed by atoms with Gasteiger partial charge in [0.25, 0.3) is 16.0 Å². The Morgan fingerprint density at radius 2 is 1.71 bits per heavy atom. The lowest BCUT2D eigenvalue weighted by atomic mass is 9.81. The first-order valence-electron chi connectivity index (χ1n) is 10.4. The topological polar surface area (TPSA) is 132 Å². The minimum Gasteiger partial charge on any atom is -0.454 e. The van der Waals surface area contributed by atoms with Crippen molar-refractivity contribution in [1.29, 1.82) is 0 Å². The van der Waals surface area contributed by atoms with Crippen LogP contribution in [0.4, 0.5) is 0 Å². The molecule has 0 bridgehead atoms. The average molecular weight is 480 g/mol. The van der Waals surface area contributed by atoms with Gasteiger partial charge in [0, 0.05) is 7.05 Å². The summed E-state index contributed by atoms with van der Waals surface area (Å²) in [5, 5.41) is 0. The van der Waals surface area contributed by atoms with Crippen molar-refractivity contribution in [3.05, 3.63) is 83.4 Å². The number of hydrogen-bond acceptors (Lipinski definition) is 7. The van der Waals surface area contributed by atoms with Gasteiger partial charge >= 0.3 is 0 Å². The third-order valence-electron chi connectivity index (χ3n) is 5.95. The molecule has 3 aromatic carbocycles. The number of rotatable bonds is 5. The van der Waals surface area contributed by atoms with Crippen molar-refractivity contribution in [3.8, 4) is 22.6 Å². The standard InChI is InChI=1S/C24H21N3O6S/c1-27-22(28)24(26-23(27)25,18-8-5-15(6-9-18)13-34(29,30)31)19-4-2-3-16(11-19)17-7-10-20-21(12-17)33-14-32-20/h2-12H,13-14H2,1H3,(H2,25,26)(H,29,30,31). The van der Waals surface area contributed by atoms with Crippen molar-refractivity contribution in [2.24, 2.45) is 10.7 Å². The monoisotopic (exact) mass is 479 g/mol. The number of aliphatic imine (C=N–C) groups is 1. The van der Waals surface area contributed by atoms with Crippen molar-refractivity contribution < 1.29 is 27.2 Å². The highest BCUT2D eigenvalue weighted by molar-refractivity contribution is 7.85. The second-order valence-electron chi connectivity index (χ2n) is 8.12. The number of nitrogens with two attached hydrogens (primary N) is 1. The molecule has 9 nitrogen and oxygen atoms in total. The Kier molecular flexibility index (Phi) is 5.07. The van der Waals surface area contributed by atoms with Gasteiger partial charge in [-0.2, -0.15) is 8.42 Å². The van der Waals surface area contributed by atoms with Gasteiger partial charge < -0.3 is 15.2 Å². The fraction of sp³-hybridized carbons (Fsp3) is 0.167. The number of carbonyl (C=O) groups is 1. The van der Waals surface area contributed by atoms with E-state index in [9.17, 15) is 13.2 Å². The van der Waals surface area contributed by atoms with E-state index in [-0.39, 0.29) is 18.7 Å². The Bertz CT molecular complexity index is 1440. The van der Waals surface area contributed by atoms with E-state index in [0.717, 1.165) is 11.1 Å². The SMILES string of the molecule is CN1C(=O)C(c2ccc(CS(=O)(=O)O)cc2)(c2cccc(-c3ccc4c(c3)OCO4)c2)N=C1N. The summed E-state index contributed by atoms with van der Waals surface area (Å²) in [6.07, 6.45) is 0. The maximum atomic E-state index is 13.5. The molecule has 1 unspecified atom stereocenters. The van der Waals surface area contributed by atoms with Gasteiger partial charge in [-0.3, -0.25) is 14.2 Å². The summed E-state index contributed by atoms with van der Waals surface area (Å²) in [4.78, 5) is 19.4. The normalized spacial score (nSPS) is 19.4. The molecule has 3 N–H and O–H groups in total. The highest BCUT2D eigenvalue weighted by Gasteiger charge is 2.49. The largest absolute Gasteiger partial charge is 0.454 e. The van der Waals surface area contributed by atoms with Crippen LogP contribution in [0.15, 0.2) is 71.7 Å². The van der Waals surface area contributed by atoms with Crippen LogP contribution in [0.2, 0.25) is 0 Å². The van der Waals surface area contributed by atoms with Gasteiger partial charge in [0.1, 0.15) is 5.75 Å². The predicted octanol–water partition coefficient (Wildman–Crippen LogP) is 2.50. The van der Waals surface area contributed by atoms with Crippen LogP contribution < -0.4 is 15.2 Å². The van der Waals surface area contributed by atoms with Crippen LogP contribution in [-0.2, 0) is 26.2 Å². The molecular formula is C24H21N3O6S. The molecule has 3 aromatic rings. The van der Waals surface area contributed by atoms with E-state index < -0.39 is 21.4 Å². The predicted molar refractivity (Wildman–Crippen MR) is 125 cm³/mol. The molecule has 0 aliphatic carbocycles. The van der Waals surface area contributed by atoms with Gasteiger partial charge in [-0.15, -0.1) is 0 Å². The molecule has 10 heteroatoms. The van der Waals surface area contributed by atoms with Crippen molar-refractivity contribution in [2.75, 3.05) is 13.8 Å². The second kappa shape index (κ2) is 7.86. The summed E-state index contributed by atoms with van der Waals surface area (Å²) >= 11 is 0. The van der Waals surface area contributed by atoms with Crippen molar-refractivity contribution in [3.63, 3.8) is 0 Å². The van der Waals surface area contributed by atoms with Crippen LogP contribution in [-0.4, -0.2) is 43.6 Å². The summed E-state index contributed by atoms with van der Waals surface area (Å²) in [6, 6.07) is 19.4. The Morgan fingerprint density at radius 1 is 1.00 bits per heavy atom. The van der Waals surface area contributed by atoms with Gasteiger partial charge in [0.2, 0.25) is 6.79 Å². The van der Waals surface area contributed by atoms with Gasteiger partial charge in [-0.05, 0) is 46.0 Å².